The second-order valence-corrected chi connectivity index (χ2v) is 9.06. The maximum atomic E-state index is 10.6. The van der Waals surface area contributed by atoms with Crippen molar-refractivity contribution in [1.82, 2.24) is 9.80 Å². The van der Waals surface area contributed by atoms with Crippen LogP contribution in [0.15, 0.2) is 0 Å². The minimum Gasteiger partial charge on any atom is -0.475 e. The van der Waals surface area contributed by atoms with Crippen molar-refractivity contribution < 1.29 is 121 Å². The van der Waals surface area contributed by atoms with E-state index < -0.39 is 24.3 Å². The molecule has 2 atom stereocenters. The number of hydrogen-bond acceptors (Lipinski definition) is 4. The molecule has 4 saturated carbocycles. The molecule has 2 N–H and O–H groups in total. The molecule has 4 aliphatic carbocycles. The molecule has 0 spiro atoms. The van der Waals surface area contributed by atoms with Gasteiger partial charge in [-0.05, 0) is 104 Å². The molecule has 48 heavy (non-hydrogen) atoms. The van der Waals surface area contributed by atoms with Crippen molar-refractivity contribution >= 4 is 11.9 Å². The van der Waals surface area contributed by atoms with E-state index in [1.807, 2.05) is 89.9 Å². The topological polar surface area (TPSA) is 81.1 Å². The summed E-state index contributed by atoms with van der Waals surface area (Å²) in [5, 5.41) is 14.2. The zero-order valence-corrected chi connectivity index (χ0v) is 31.9. The molecule has 4 aliphatic rings. The van der Waals surface area contributed by atoms with E-state index in [1.165, 1.54) is 11.8 Å². The third-order valence-corrected chi connectivity index (χ3v) is 5.29. The minimum absolute atomic E-state index is 0. The Morgan fingerprint density at radius 3 is 0.854 bits per heavy atom. The first-order valence-corrected chi connectivity index (χ1v) is 12.8. The minimum atomic E-state index is -5.08. The molecule has 0 heterocycles. The quantitative estimate of drug-likeness (QED) is 0.213. The van der Waals surface area contributed by atoms with Crippen LogP contribution in [0.25, 0.3) is 0 Å². The summed E-state index contributed by atoms with van der Waals surface area (Å²) in [6.07, 6.45) is 28.3. The number of halogens is 6. The van der Waals surface area contributed by atoms with Crippen molar-refractivity contribution in [3.8, 4) is 0 Å². The molecule has 0 unspecified atom stereocenters. The molecule has 0 aliphatic heterocycles. The molecule has 4 fully saturated rings. The zero-order chi connectivity index (χ0) is 34.3. The Labute approximate surface area is 334 Å². The third-order valence-electron chi connectivity index (χ3n) is 5.29. The van der Waals surface area contributed by atoms with Gasteiger partial charge in [0.05, 0.1) is 0 Å². The van der Waals surface area contributed by atoms with Gasteiger partial charge in [0.15, 0.2) is 0 Å². The average molecular weight is 953 g/mol. The molecule has 0 bridgehead atoms. The molecule has 20 radical (unpaired) electrons. The van der Waals surface area contributed by atoms with E-state index in [0.29, 0.717) is 12.1 Å². The van der Waals surface area contributed by atoms with Crippen LogP contribution < -0.4 is 0 Å². The van der Waals surface area contributed by atoms with Gasteiger partial charge in [-0.1, -0.05) is 39.5 Å². The molecule has 0 aromatic carbocycles. The number of rotatable bonds is 4. The van der Waals surface area contributed by atoms with Crippen LogP contribution in [0.4, 0.5) is 26.3 Å². The van der Waals surface area contributed by atoms with Crippen LogP contribution in [0, 0.1) is 127 Å². The van der Waals surface area contributed by atoms with Gasteiger partial charge < -0.3 is 32.9 Å². The smallest absolute Gasteiger partial charge is 0.475 e. The summed E-state index contributed by atoms with van der Waals surface area (Å²) in [4.78, 5) is 22.1. The van der Waals surface area contributed by atoms with E-state index in [9.17, 15) is 26.3 Å². The van der Waals surface area contributed by atoms with Crippen molar-refractivity contribution in [2.45, 2.75) is 38.3 Å². The summed E-state index contributed by atoms with van der Waals surface area (Å²) in [5.74, 6) is -2.98. The van der Waals surface area contributed by atoms with Crippen LogP contribution in [0.2, 0.25) is 0 Å². The second-order valence-electron chi connectivity index (χ2n) is 9.06. The van der Waals surface area contributed by atoms with Gasteiger partial charge in [0, 0.05) is 75.0 Å². The fourth-order valence-electron chi connectivity index (χ4n) is 2.41. The van der Waals surface area contributed by atoms with Gasteiger partial charge in [0.25, 0.3) is 0 Å². The summed E-state index contributed by atoms with van der Waals surface area (Å²) in [6, 6.07) is 0.963. The van der Waals surface area contributed by atoms with E-state index in [4.69, 9.17) is 19.8 Å². The van der Waals surface area contributed by atoms with Crippen LogP contribution in [0.1, 0.15) is 13.8 Å². The van der Waals surface area contributed by atoms with Gasteiger partial charge in [-0.3, -0.25) is 0 Å². The Hall–Kier alpha value is 0.804. The number of carbonyl (C=O) groups is 2. The Morgan fingerprint density at radius 1 is 0.562 bits per heavy atom. The molecule has 0 saturated heterocycles. The van der Waals surface area contributed by atoms with Gasteiger partial charge in [-0.2, -0.15) is 38.2 Å². The largest absolute Gasteiger partial charge is 0.490 e. The van der Waals surface area contributed by atoms with E-state index in [0.717, 1.165) is 0 Å². The van der Waals surface area contributed by atoms with Crippen molar-refractivity contribution in [2.75, 3.05) is 28.2 Å². The first-order chi connectivity index (χ1) is 20.3. The summed E-state index contributed by atoms with van der Waals surface area (Å²) in [7, 11) is 8.30. The summed E-state index contributed by atoms with van der Waals surface area (Å²) in [5.41, 5.74) is 0. The monoisotopic (exact) mass is 952 g/mol. The van der Waals surface area contributed by atoms with Gasteiger partial charge in [0.1, 0.15) is 0 Å². The number of alkyl halides is 6. The molecule has 280 valence electrons. The van der Waals surface area contributed by atoms with Gasteiger partial charge in [0.2, 0.25) is 0 Å². The molecule has 0 aromatic heterocycles. The maximum Gasteiger partial charge on any atom is 0.490 e. The van der Waals surface area contributed by atoms with Gasteiger partial charge in [-0.15, -0.1) is 0 Å². The van der Waals surface area contributed by atoms with E-state index in [-0.39, 0.29) is 75.0 Å². The van der Waals surface area contributed by atoms with E-state index >= 15 is 0 Å². The molecular weight excluding hydrogens is 915 g/mol. The summed E-state index contributed by atoms with van der Waals surface area (Å²) < 4.78 is 63.5. The van der Waals surface area contributed by atoms with Crippen LogP contribution in [-0.2, 0) is 84.6 Å². The van der Waals surface area contributed by atoms with Crippen molar-refractivity contribution in [3.05, 3.63) is 127 Å². The number of hydrogen-bond donors (Lipinski definition) is 2. The van der Waals surface area contributed by atoms with Crippen molar-refractivity contribution in [2.24, 2.45) is 0 Å². The van der Waals surface area contributed by atoms with Crippen molar-refractivity contribution in [1.29, 1.82) is 0 Å². The standard InChI is InChI=1S/2C9H13N.2C5H5.2C2HF3O2.2Fe.2Pd/c2*1-8(10(2)3)9-6-4-5-7-9;2*1-2-4-5-3-1;2*3-2(4,5)1(6)7;;;;/h2*4-6,8H,1-3H3;2*1-5H;2*(H,6,7);;;;/q2*-1;;;;;;;;/t2*8-;;;;;;;;/m11......../s1. The molecule has 0 amide bonds. The third kappa shape index (κ3) is 35.2. The van der Waals surface area contributed by atoms with Crippen LogP contribution in [-0.4, -0.2) is 84.6 Å². The molecule has 16 heteroatoms. The molecule has 0 aromatic rings. The normalized spacial score (nSPS) is 18.3. The van der Waals surface area contributed by atoms with E-state index in [1.54, 1.807) is 0 Å². The second kappa shape index (κ2) is 34.9. The maximum absolute atomic E-state index is 10.6. The van der Waals surface area contributed by atoms with Crippen LogP contribution in [0.5, 0.6) is 0 Å². The average Bonchev–Trinajstić information content (AvgIpc) is 3.76. The predicted octanol–water partition coefficient (Wildman–Crippen LogP) is 5.74. The van der Waals surface area contributed by atoms with Crippen LogP contribution >= 0.6 is 0 Å². The molecule has 4 rings (SSSR count). The Kier molecular flexibility index (Phi) is 44.2. The predicted molar refractivity (Wildman–Crippen MR) is 155 cm³/mol. The first kappa shape index (κ1) is 60.9. The van der Waals surface area contributed by atoms with Crippen LogP contribution in [0.3, 0.4) is 0 Å². The van der Waals surface area contributed by atoms with Gasteiger partial charge >= 0.3 is 24.3 Å². The number of nitrogens with zero attached hydrogens (tertiary/aromatic N) is 2. The zero-order valence-electron chi connectivity index (χ0n) is 26.6. The Bertz CT molecular complexity index is 661. The number of carboxylic acids is 2. The fourth-order valence-corrected chi connectivity index (χ4v) is 2.41. The molecule has 6 nitrogen and oxygen atoms in total. The Morgan fingerprint density at radius 2 is 0.750 bits per heavy atom. The van der Waals surface area contributed by atoms with E-state index in [2.05, 4.69) is 77.5 Å². The SMILES string of the molecule is C[C@H]([C]1[C-][CH][CH][CH]1)N(C)C.C[C@H]([C]1[C-][CH][CH][CH]1)N(C)C.O=C(O)C(F)(F)F.O=C(O)C(F)(F)F.[CH]1[CH][CH][CH][CH]1.[CH]1[CH][CH][CH][CH]1.[Fe].[Fe].[Pd].[Pd]. The fraction of sp³-hybridized carbons (Fsp3) is 0.312. The number of carboxylic acid groups (broad SMARTS) is 2. The molecular formula is C32H38F6Fe2N2O4Pd2-2. The van der Waals surface area contributed by atoms with Crippen molar-refractivity contribution in [3.63, 3.8) is 0 Å². The van der Waals surface area contributed by atoms with Gasteiger partial charge in [-0.25, -0.2) is 22.4 Å². The summed E-state index contributed by atoms with van der Waals surface area (Å²) >= 11 is 0. The first-order valence-electron chi connectivity index (χ1n) is 12.8. The summed E-state index contributed by atoms with van der Waals surface area (Å²) in [6.45, 7) is 4.34. The Balaban J connectivity index is -0.000000110. The number of aliphatic carboxylic acids is 2.